The number of fused-ring (bicyclic) bond motifs is 1. The Balaban J connectivity index is 1.49. The van der Waals surface area contributed by atoms with Gasteiger partial charge in [-0.2, -0.15) is 0 Å². The van der Waals surface area contributed by atoms with Crippen LogP contribution in [-0.4, -0.2) is 12.5 Å². The van der Waals surface area contributed by atoms with E-state index < -0.39 is 0 Å². The molecule has 5 nitrogen and oxygen atoms in total. The monoisotopic (exact) mass is 439 g/mol. The highest BCUT2D eigenvalue weighted by Gasteiger charge is 2.11. The number of carbonyl (C=O) groups excluding carboxylic acids is 1. The van der Waals surface area contributed by atoms with Crippen molar-refractivity contribution in [3.8, 4) is 16.9 Å². The summed E-state index contributed by atoms with van der Waals surface area (Å²) in [6, 6.07) is 18.9. The molecule has 0 radical (unpaired) electrons. The van der Waals surface area contributed by atoms with Crippen molar-refractivity contribution < 1.29 is 13.9 Å². The lowest BCUT2D eigenvalue weighted by molar-refractivity contribution is -0.118. The summed E-state index contributed by atoms with van der Waals surface area (Å²) >= 11 is 11.8. The van der Waals surface area contributed by atoms with Crippen LogP contribution in [0.5, 0.6) is 5.75 Å². The predicted molar refractivity (Wildman–Crippen MR) is 119 cm³/mol. The van der Waals surface area contributed by atoms with Crippen LogP contribution in [0, 0.1) is 0 Å². The fourth-order valence-corrected chi connectivity index (χ4v) is 3.51. The molecule has 4 aromatic rings. The molecule has 4 rings (SSSR count). The van der Waals surface area contributed by atoms with Crippen LogP contribution in [0.25, 0.3) is 22.1 Å². The van der Waals surface area contributed by atoms with Crippen molar-refractivity contribution in [2.75, 3.05) is 11.9 Å². The van der Waals surface area contributed by atoms with E-state index in [0.29, 0.717) is 38.0 Å². The summed E-state index contributed by atoms with van der Waals surface area (Å²) in [6.45, 7) is -0.234. The Hall–Kier alpha value is -3.28. The summed E-state index contributed by atoms with van der Waals surface area (Å²) < 4.78 is 11.2. The van der Waals surface area contributed by atoms with E-state index in [1.165, 1.54) is 6.26 Å². The van der Waals surface area contributed by atoms with Gasteiger partial charge in [0.25, 0.3) is 5.91 Å². The molecule has 0 bridgehead atoms. The van der Waals surface area contributed by atoms with Gasteiger partial charge < -0.3 is 14.5 Å². The molecule has 0 spiro atoms. The van der Waals surface area contributed by atoms with E-state index in [9.17, 15) is 9.59 Å². The molecule has 150 valence electrons. The number of hydrogen-bond donors (Lipinski definition) is 1. The highest BCUT2D eigenvalue weighted by atomic mass is 35.5. The molecule has 1 N–H and O–H groups in total. The van der Waals surface area contributed by atoms with Crippen molar-refractivity contribution >= 4 is 45.8 Å². The lowest BCUT2D eigenvalue weighted by Gasteiger charge is -2.09. The van der Waals surface area contributed by atoms with Gasteiger partial charge in [-0.15, -0.1) is 0 Å². The second-order valence-electron chi connectivity index (χ2n) is 6.50. The number of carbonyl (C=O) groups is 1. The third-order valence-electron chi connectivity index (χ3n) is 4.35. The fourth-order valence-electron chi connectivity index (χ4n) is 2.99. The zero-order valence-electron chi connectivity index (χ0n) is 15.5. The largest absolute Gasteiger partial charge is 0.484 e. The van der Waals surface area contributed by atoms with Gasteiger partial charge in [-0.3, -0.25) is 9.59 Å². The Bertz CT molecular complexity index is 1270. The number of benzene rings is 3. The first-order chi connectivity index (χ1) is 14.5. The normalized spacial score (nSPS) is 10.7. The molecule has 3 aromatic carbocycles. The summed E-state index contributed by atoms with van der Waals surface area (Å²) in [6.07, 6.45) is 1.43. The van der Waals surface area contributed by atoms with E-state index >= 15 is 0 Å². The van der Waals surface area contributed by atoms with Crippen molar-refractivity contribution in [3.05, 3.63) is 93.3 Å². The van der Waals surface area contributed by atoms with Crippen molar-refractivity contribution in [2.45, 2.75) is 0 Å². The van der Waals surface area contributed by atoms with Gasteiger partial charge in [0, 0.05) is 21.8 Å². The lowest BCUT2D eigenvalue weighted by Crippen LogP contribution is -2.20. The summed E-state index contributed by atoms with van der Waals surface area (Å²) in [7, 11) is 0. The van der Waals surface area contributed by atoms with Crippen LogP contribution < -0.4 is 15.5 Å². The molecule has 0 aliphatic rings. The van der Waals surface area contributed by atoms with Crippen molar-refractivity contribution in [2.24, 2.45) is 0 Å². The van der Waals surface area contributed by atoms with E-state index in [0.717, 1.165) is 5.56 Å². The van der Waals surface area contributed by atoms with Gasteiger partial charge in [-0.25, -0.2) is 0 Å². The second kappa shape index (κ2) is 8.61. The van der Waals surface area contributed by atoms with E-state index in [-0.39, 0.29) is 17.9 Å². The maximum atomic E-state index is 12.8. The summed E-state index contributed by atoms with van der Waals surface area (Å²) in [5, 5.41) is 3.92. The Morgan fingerprint density at radius 2 is 1.70 bits per heavy atom. The van der Waals surface area contributed by atoms with Crippen LogP contribution in [0.2, 0.25) is 10.0 Å². The molecule has 30 heavy (non-hydrogen) atoms. The predicted octanol–water partition coefficient (Wildman–Crippen LogP) is 5.78. The van der Waals surface area contributed by atoms with Crippen molar-refractivity contribution in [1.29, 1.82) is 0 Å². The Morgan fingerprint density at radius 1 is 0.967 bits per heavy atom. The second-order valence-corrected chi connectivity index (χ2v) is 7.37. The highest BCUT2D eigenvalue weighted by Crippen LogP contribution is 2.24. The maximum absolute atomic E-state index is 12.8. The molecule has 0 aliphatic heterocycles. The zero-order valence-corrected chi connectivity index (χ0v) is 17.0. The molecule has 7 heteroatoms. The molecular formula is C23H15Cl2NO4. The number of nitrogens with one attached hydrogen (secondary N) is 1. The van der Waals surface area contributed by atoms with Crippen LogP contribution in [0.15, 0.2) is 82.2 Å². The quantitative estimate of drug-likeness (QED) is 0.427. The van der Waals surface area contributed by atoms with Gasteiger partial charge in [-0.1, -0.05) is 53.5 Å². The van der Waals surface area contributed by atoms with Crippen LogP contribution in [0.3, 0.4) is 0 Å². The van der Waals surface area contributed by atoms with E-state index in [2.05, 4.69) is 5.32 Å². The Morgan fingerprint density at radius 3 is 2.43 bits per heavy atom. The molecule has 0 aliphatic carbocycles. The Kier molecular flexibility index (Phi) is 5.74. The minimum Gasteiger partial charge on any atom is -0.484 e. The fraction of sp³-hybridized carbons (Fsp3) is 0.0435. The number of halogens is 2. The van der Waals surface area contributed by atoms with Crippen molar-refractivity contribution in [1.82, 2.24) is 0 Å². The summed E-state index contributed by atoms with van der Waals surface area (Å²) in [5.74, 6) is 0.0201. The average Bonchev–Trinajstić information content (AvgIpc) is 2.72. The first-order valence-electron chi connectivity index (χ1n) is 8.99. The summed E-state index contributed by atoms with van der Waals surface area (Å²) in [4.78, 5) is 24.9. The molecule has 1 heterocycles. The van der Waals surface area contributed by atoms with Crippen LogP contribution in [0.4, 0.5) is 5.69 Å². The van der Waals surface area contributed by atoms with Crippen molar-refractivity contribution in [3.63, 3.8) is 0 Å². The van der Waals surface area contributed by atoms with E-state index in [4.69, 9.17) is 32.4 Å². The van der Waals surface area contributed by atoms with Crippen LogP contribution in [-0.2, 0) is 4.79 Å². The smallest absolute Gasteiger partial charge is 0.262 e. The molecule has 0 fully saturated rings. The molecule has 1 aromatic heterocycles. The first kappa shape index (κ1) is 20.0. The maximum Gasteiger partial charge on any atom is 0.262 e. The van der Waals surface area contributed by atoms with Gasteiger partial charge >= 0.3 is 0 Å². The van der Waals surface area contributed by atoms with Gasteiger partial charge in [0.05, 0.1) is 10.9 Å². The third kappa shape index (κ3) is 4.48. The van der Waals surface area contributed by atoms with E-state index in [1.807, 2.05) is 30.3 Å². The van der Waals surface area contributed by atoms with Gasteiger partial charge in [0.15, 0.2) is 12.0 Å². The SMILES string of the molecule is O=C(COc1ccc2c(=O)c(-c3ccccc3)coc2c1)Nc1cc(Cl)cc(Cl)c1. The Labute approximate surface area is 181 Å². The lowest BCUT2D eigenvalue weighted by atomic mass is 10.1. The van der Waals surface area contributed by atoms with Gasteiger partial charge in [-0.05, 0) is 35.9 Å². The van der Waals surface area contributed by atoms with Gasteiger partial charge in [0.1, 0.15) is 17.6 Å². The molecule has 0 unspecified atom stereocenters. The molecule has 0 saturated heterocycles. The highest BCUT2D eigenvalue weighted by molar-refractivity contribution is 6.35. The molecule has 0 saturated carbocycles. The number of amides is 1. The summed E-state index contributed by atoms with van der Waals surface area (Å²) in [5.41, 5.74) is 1.98. The minimum absolute atomic E-state index is 0.135. The zero-order chi connectivity index (χ0) is 21.1. The average molecular weight is 440 g/mol. The van der Waals surface area contributed by atoms with Crippen LogP contribution >= 0.6 is 23.2 Å². The van der Waals surface area contributed by atoms with Crippen LogP contribution in [0.1, 0.15) is 0 Å². The van der Waals surface area contributed by atoms with Gasteiger partial charge in [0.2, 0.25) is 0 Å². The molecule has 1 amide bonds. The standard InChI is InChI=1S/C23H15Cl2NO4/c24-15-8-16(25)10-17(9-15)26-22(27)13-29-18-6-7-19-21(11-18)30-12-20(23(19)28)14-4-2-1-3-5-14/h1-12H,13H2,(H,26,27). The third-order valence-corrected chi connectivity index (χ3v) is 4.78. The number of ether oxygens (including phenoxy) is 1. The first-order valence-corrected chi connectivity index (χ1v) is 9.75. The number of rotatable bonds is 5. The topological polar surface area (TPSA) is 68.5 Å². The molecular weight excluding hydrogens is 425 g/mol. The number of anilines is 1. The van der Waals surface area contributed by atoms with E-state index in [1.54, 1.807) is 36.4 Å². The molecule has 0 atom stereocenters. The number of hydrogen-bond acceptors (Lipinski definition) is 4. The minimum atomic E-state index is -0.380.